The molecule has 1 aromatic heterocycles. The first kappa shape index (κ1) is 9.61. The monoisotopic (exact) mass is 228 g/mol. The molecule has 0 aliphatic carbocycles. The van der Waals surface area contributed by atoms with Crippen molar-refractivity contribution in [3.63, 3.8) is 0 Å². The molecular formula is C9H9FN2S2. The topological polar surface area (TPSA) is 15.3 Å². The lowest BCUT2D eigenvalue weighted by molar-refractivity contribution is 0.256. The van der Waals surface area contributed by atoms with Crippen LogP contribution in [0.4, 0.5) is 4.39 Å². The summed E-state index contributed by atoms with van der Waals surface area (Å²) in [5.41, 5.74) is 0. The zero-order valence-electron chi connectivity index (χ0n) is 7.31. The van der Waals surface area contributed by atoms with E-state index in [1.807, 2.05) is 17.5 Å². The molecule has 14 heavy (non-hydrogen) atoms. The molecule has 1 unspecified atom stereocenters. The lowest BCUT2D eigenvalue weighted by Crippen LogP contribution is -2.36. The first-order valence-corrected chi connectivity index (χ1v) is 5.52. The molecule has 1 N–H and O–H groups in total. The van der Waals surface area contributed by atoms with Crippen LogP contribution in [0.2, 0.25) is 0 Å². The molecule has 0 radical (unpaired) electrons. The van der Waals surface area contributed by atoms with Gasteiger partial charge in [0.2, 0.25) is 5.95 Å². The molecule has 0 bridgehead atoms. The zero-order valence-corrected chi connectivity index (χ0v) is 8.95. The van der Waals surface area contributed by atoms with E-state index in [9.17, 15) is 4.39 Å². The quantitative estimate of drug-likeness (QED) is 0.631. The van der Waals surface area contributed by atoms with E-state index in [1.54, 1.807) is 16.2 Å². The number of hydrogen-bond acceptors (Lipinski definition) is 4. The number of thiophene rings is 1. The van der Waals surface area contributed by atoms with Crippen LogP contribution in [0, 0.1) is 0 Å². The highest BCUT2D eigenvalue weighted by Gasteiger charge is 2.23. The van der Waals surface area contributed by atoms with Crippen LogP contribution in [0.3, 0.4) is 0 Å². The van der Waals surface area contributed by atoms with Gasteiger partial charge in [0.25, 0.3) is 0 Å². The van der Waals surface area contributed by atoms with E-state index in [2.05, 4.69) is 5.32 Å². The van der Waals surface area contributed by atoms with Gasteiger partial charge in [-0.25, -0.2) is 0 Å². The van der Waals surface area contributed by atoms with Crippen LogP contribution in [0.1, 0.15) is 4.88 Å². The molecule has 1 atom stereocenters. The summed E-state index contributed by atoms with van der Waals surface area (Å²) in [4.78, 5) is 2.72. The van der Waals surface area contributed by atoms with Crippen LogP contribution in [-0.4, -0.2) is 16.4 Å². The Labute approximate surface area is 91.0 Å². The SMILES string of the molecule is FC1=CNC(C=S)N1Cc1cccs1. The van der Waals surface area contributed by atoms with Gasteiger partial charge in [0.15, 0.2) is 0 Å². The minimum absolute atomic E-state index is 0.202. The molecule has 2 nitrogen and oxygen atoms in total. The Bertz CT molecular complexity index is 348. The van der Waals surface area contributed by atoms with Gasteiger partial charge in [0.05, 0.1) is 12.7 Å². The summed E-state index contributed by atoms with van der Waals surface area (Å²) in [7, 11) is 0. The Morgan fingerprint density at radius 3 is 3.21 bits per heavy atom. The summed E-state index contributed by atoms with van der Waals surface area (Å²) in [5.74, 6) is -0.260. The largest absolute Gasteiger partial charge is 0.364 e. The molecular weight excluding hydrogens is 219 g/mol. The van der Waals surface area contributed by atoms with Gasteiger partial charge in [0, 0.05) is 10.2 Å². The summed E-state index contributed by atoms with van der Waals surface area (Å²) in [6, 6.07) is 3.94. The van der Waals surface area contributed by atoms with Crippen molar-refractivity contribution >= 4 is 28.9 Å². The van der Waals surface area contributed by atoms with Gasteiger partial charge < -0.3 is 10.2 Å². The Hall–Kier alpha value is -0.940. The van der Waals surface area contributed by atoms with Crippen LogP contribution >= 0.6 is 23.6 Å². The summed E-state index contributed by atoms with van der Waals surface area (Å²) < 4.78 is 13.3. The molecule has 0 aromatic carbocycles. The highest BCUT2D eigenvalue weighted by Crippen LogP contribution is 2.20. The highest BCUT2D eigenvalue weighted by atomic mass is 32.1. The Morgan fingerprint density at radius 2 is 2.57 bits per heavy atom. The third-order valence-corrected chi connectivity index (χ3v) is 3.14. The molecule has 1 aliphatic heterocycles. The summed E-state index contributed by atoms with van der Waals surface area (Å²) >= 11 is 6.42. The molecule has 0 saturated heterocycles. The van der Waals surface area contributed by atoms with Crippen molar-refractivity contribution in [2.24, 2.45) is 0 Å². The first-order valence-electron chi connectivity index (χ1n) is 4.17. The van der Waals surface area contributed by atoms with Gasteiger partial charge in [-0.05, 0) is 11.4 Å². The molecule has 2 heterocycles. The van der Waals surface area contributed by atoms with E-state index in [1.165, 1.54) is 11.6 Å². The number of nitrogens with zero attached hydrogens (tertiary/aromatic N) is 1. The predicted octanol–water partition coefficient (Wildman–Crippen LogP) is 2.25. The highest BCUT2D eigenvalue weighted by molar-refractivity contribution is 7.79. The summed E-state index contributed by atoms with van der Waals surface area (Å²) in [6.45, 7) is 0.560. The molecule has 5 heteroatoms. The fourth-order valence-electron chi connectivity index (χ4n) is 1.32. The second kappa shape index (κ2) is 4.06. The fourth-order valence-corrected chi connectivity index (χ4v) is 2.25. The van der Waals surface area contributed by atoms with E-state index < -0.39 is 0 Å². The molecule has 0 spiro atoms. The van der Waals surface area contributed by atoms with Gasteiger partial charge in [-0.1, -0.05) is 18.3 Å². The third-order valence-electron chi connectivity index (χ3n) is 2.02. The van der Waals surface area contributed by atoms with E-state index in [-0.39, 0.29) is 12.1 Å². The minimum atomic E-state index is -0.260. The number of rotatable bonds is 3. The van der Waals surface area contributed by atoms with Crippen molar-refractivity contribution in [1.29, 1.82) is 0 Å². The van der Waals surface area contributed by atoms with Gasteiger partial charge >= 0.3 is 0 Å². The molecule has 0 amide bonds. The fraction of sp³-hybridized carbons (Fsp3) is 0.222. The zero-order chi connectivity index (χ0) is 9.97. The maximum atomic E-state index is 13.3. The molecule has 74 valence electrons. The average molecular weight is 228 g/mol. The van der Waals surface area contributed by atoms with Crippen molar-refractivity contribution in [3.8, 4) is 0 Å². The second-order valence-corrected chi connectivity index (χ2v) is 4.23. The van der Waals surface area contributed by atoms with Gasteiger partial charge in [-0.3, -0.25) is 0 Å². The maximum absolute atomic E-state index is 13.3. The van der Waals surface area contributed by atoms with Crippen molar-refractivity contribution < 1.29 is 4.39 Å². The summed E-state index contributed by atoms with van der Waals surface area (Å²) in [5, 5.41) is 6.36. The van der Waals surface area contributed by atoms with E-state index >= 15 is 0 Å². The Kier molecular flexibility index (Phi) is 2.79. The smallest absolute Gasteiger partial charge is 0.207 e. The molecule has 0 saturated carbocycles. The first-order chi connectivity index (χ1) is 6.81. The molecule has 1 aromatic rings. The predicted molar refractivity (Wildman–Crippen MR) is 59.6 cm³/mol. The van der Waals surface area contributed by atoms with Gasteiger partial charge in [0.1, 0.15) is 6.17 Å². The standard InChI is InChI=1S/C9H9FN2S2/c10-8-4-11-9(6-13)12(8)5-7-2-1-3-14-7/h1-4,6,9,11H,5H2. The molecule has 1 aliphatic rings. The van der Waals surface area contributed by atoms with Crippen molar-refractivity contribution in [1.82, 2.24) is 10.2 Å². The van der Waals surface area contributed by atoms with Gasteiger partial charge in [-0.2, -0.15) is 4.39 Å². The lowest BCUT2D eigenvalue weighted by atomic mass is 10.4. The minimum Gasteiger partial charge on any atom is -0.364 e. The Morgan fingerprint density at radius 1 is 1.71 bits per heavy atom. The molecule has 2 rings (SSSR count). The lowest BCUT2D eigenvalue weighted by Gasteiger charge is -2.22. The number of halogens is 1. The third kappa shape index (κ3) is 1.78. The second-order valence-electron chi connectivity index (χ2n) is 2.92. The van der Waals surface area contributed by atoms with E-state index in [4.69, 9.17) is 12.2 Å². The summed E-state index contributed by atoms with van der Waals surface area (Å²) in [6.07, 6.45) is 1.15. The average Bonchev–Trinajstić information content (AvgIpc) is 2.79. The van der Waals surface area contributed by atoms with E-state index in [0.29, 0.717) is 6.54 Å². The van der Waals surface area contributed by atoms with Crippen molar-refractivity contribution in [2.75, 3.05) is 0 Å². The maximum Gasteiger partial charge on any atom is 0.207 e. The van der Waals surface area contributed by atoms with Crippen LogP contribution < -0.4 is 5.32 Å². The van der Waals surface area contributed by atoms with Crippen LogP contribution in [0.25, 0.3) is 0 Å². The number of hydrogen-bond donors (Lipinski definition) is 1. The van der Waals surface area contributed by atoms with Crippen molar-refractivity contribution in [2.45, 2.75) is 12.7 Å². The van der Waals surface area contributed by atoms with Crippen LogP contribution in [0.5, 0.6) is 0 Å². The van der Waals surface area contributed by atoms with E-state index in [0.717, 1.165) is 4.88 Å². The van der Waals surface area contributed by atoms with Gasteiger partial charge in [-0.15, -0.1) is 11.3 Å². The number of nitrogens with one attached hydrogen (secondary N) is 1. The van der Waals surface area contributed by atoms with Crippen LogP contribution in [-0.2, 0) is 6.54 Å². The molecule has 0 fully saturated rings. The Balaban J connectivity index is 2.09. The van der Waals surface area contributed by atoms with Crippen molar-refractivity contribution in [3.05, 3.63) is 34.5 Å². The number of thiocarbonyl (C=S) groups is 1. The van der Waals surface area contributed by atoms with Crippen LogP contribution in [0.15, 0.2) is 29.7 Å². The normalized spacial score (nSPS) is 20.5.